The number of rotatable bonds is 2. The number of thiazole rings is 1. The van der Waals surface area contributed by atoms with E-state index in [0.717, 1.165) is 23.5 Å². The van der Waals surface area contributed by atoms with Crippen molar-refractivity contribution in [3.63, 3.8) is 0 Å². The van der Waals surface area contributed by atoms with Gasteiger partial charge in [0.15, 0.2) is 0 Å². The van der Waals surface area contributed by atoms with Crippen LogP contribution in [0.5, 0.6) is 0 Å². The normalized spacial score (nSPS) is 19.1. The van der Waals surface area contributed by atoms with E-state index in [9.17, 15) is 0 Å². The van der Waals surface area contributed by atoms with Gasteiger partial charge in [-0.1, -0.05) is 0 Å². The van der Waals surface area contributed by atoms with E-state index >= 15 is 0 Å². The Bertz CT molecular complexity index is 325. The van der Waals surface area contributed by atoms with Gasteiger partial charge in [-0.15, -0.1) is 11.3 Å². The molecule has 3 nitrogen and oxygen atoms in total. The Morgan fingerprint density at radius 3 is 2.75 bits per heavy atom. The van der Waals surface area contributed by atoms with Crippen LogP contribution in [-0.2, 0) is 5.41 Å². The van der Waals surface area contributed by atoms with Gasteiger partial charge in [0, 0.05) is 5.38 Å². The van der Waals surface area contributed by atoms with Crippen LogP contribution in [0.4, 0.5) is 0 Å². The lowest BCUT2D eigenvalue weighted by Gasteiger charge is -2.08. The van der Waals surface area contributed by atoms with Crippen molar-refractivity contribution in [3.8, 4) is 0 Å². The van der Waals surface area contributed by atoms with Gasteiger partial charge in [-0.2, -0.15) is 0 Å². The number of aryl methyl sites for hydroxylation is 1. The number of amidine groups is 1. The zero-order chi connectivity index (χ0) is 8.77. The highest BCUT2D eigenvalue weighted by Gasteiger charge is 2.49. The van der Waals surface area contributed by atoms with E-state index in [1.807, 2.05) is 12.3 Å². The van der Waals surface area contributed by atoms with Crippen LogP contribution in [0.1, 0.15) is 23.5 Å². The Labute approximate surface area is 75.1 Å². The van der Waals surface area contributed by atoms with Crippen molar-refractivity contribution in [2.75, 3.05) is 0 Å². The van der Waals surface area contributed by atoms with Crippen LogP contribution in [0, 0.1) is 12.3 Å². The van der Waals surface area contributed by atoms with E-state index < -0.39 is 0 Å². The number of hydrogen-bond donors (Lipinski definition) is 2. The van der Waals surface area contributed by atoms with Crippen molar-refractivity contribution < 1.29 is 0 Å². The molecule has 0 atom stereocenters. The Hall–Kier alpha value is -0.900. The van der Waals surface area contributed by atoms with Crippen LogP contribution in [0.15, 0.2) is 5.38 Å². The van der Waals surface area contributed by atoms with Gasteiger partial charge < -0.3 is 5.73 Å². The number of nitrogens with two attached hydrogens (primary N) is 1. The average molecular weight is 181 g/mol. The molecule has 0 spiro atoms. The summed E-state index contributed by atoms with van der Waals surface area (Å²) in [5, 5.41) is 10.5. The molecule has 1 fully saturated rings. The third-order valence-corrected chi connectivity index (χ3v) is 3.15. The summed E-state index contributed by atoms with van der Waals surface area (Å²) < 4.78 is 0. The second-order valence-corrected chi connectivity index (χ2v) is 4.31. The van der Waals surface area contributed by atoms with Gasteiger partial charge in [0.25, 0.3) is 0 Å². The van der Waals surface area contributed by atoms with Gasteiger partial charge in [0.2, 0.25) is 0 Å². The maximum absolute atomic E-state index is 7.45. The zero-order valence-electron chi connectivity index (χ0n) is 6.92. The summed E-state index contributed by atoms with van der Waals surface area (Å²) in [4.78, 5) is 4.36. The third-order valence-electron chi connectivity index (χ3n) is 2.37. The Balaban J connectivity index is 2.36. The van der Waals surface area contributed by atoms with Gasteiger partial charge in [-0.05, 0) is 19.8 Å². The molecule has 0 bridgehead atoms. The van der Waals surface area contributed by atoms with Crippen molar-refractivity contribution in [1.82, 2.24) is 4.98 Å². The van der Waals surface area contributed by atoms with E-state index in [1.165, 1.54) is 0 Å². The van der Waals surface area contributed by atoms with Crippen LogP contribution in [0.3, 0.4) is 0 Å². The van der Waals surface area contributed by atoms with E-state index in [2.05, 4.69) is 4.98 Å². The maximum Gasteiger partial charge on any atom is 0.103 e. The largest absolute Gasteiger partial charge is 0.387 e. The van der Waals surface area contributed by atoms with Crippen LogP contribution in [0.2, 0.25) is 0 Å². The first-order chi connectivity index (χ1) is 5.65. The van der Waals surface area contributed by atoms with E-state index in [1.54, 1.807) is 11.3 Å². The van der Waals surface area contributed by atoms with Gasteiger partial charge in [-0.25, -0.2) is 4.98 Å². The third kappa shape index (κ3) is 0.948. The van der Waals surface area contributed by atoms with Crippen molar-refractivity contribution in [2.24, 2.45) is 5.73 Å². The van der Waals surface area contributed by atoms with E-state index in [-0.39, 0.29) is 11.3 Å². The highest BCUT2D eigenvalue weighted by Crippen LogP contribution is 2.47. The van der Waals surface area contributed by atoms with Crippen LogP contribution < -0.4 is 5.73 Å². The predicted molar refractivity (Wildman–Crippen MR) is 49.7 cm³/mol. The predicted octanol–water partition coefficient (Wildman–Crippen LogP) is 1.42. The molecule has 0 aromatic carbocycles. The quantitative estimate of drug-likeness (QED) is 0.535. The Kier molecular flexibility index (Phi) is 1.48. The molecule has 0 radical (unpaired) electrons. The van der Waals surface area contributed by atoms with E-state index in [0.29, 0.717) is 0 Å². The number of aromatic nitrogens is 1. The smallest absolute Gasteiger partial charge is 0.103 e. The average Bonchev–Trinajstić information content (AvgIpc) is 2.71. The fourth-order valence-electron chi connectivity index (χ4n) is 1.37. The molecular weight excluding hydrogens is 170 g/mol. The van der Waals surface area contributed by atoms with Crippen molar-refractivity contribution in [3.05, 3.63) is 16.1 Å². The van der Waals surface area contributed by atoms with Crippen molar-refractivity contribution in [2.45, 2.75) is 25.2 Å². The standard InChI is InChI=1S/C8H11N3S/c1-5-11-6(4-12-5)8(2-3-8)7(9)10/h4H,2-3H2,1H3,(H3,9,10). The molecule has 1 saturated carbocycles. The second kappa shape index (κ2) is 2.29. The first-order valence-corrected chi connectivity index (χ1v) is 4.80. The fraction of sp³-hybridized carbons (Fsp3) is 0.500. The van der Waals surface area contributed by atoms with Gasteiger partial charge >= 0.3 is 0 Å². The van der Waals surface area contributed by atoms with Gasteiger partial charge in [0.05, 0.1) is 16.1 Å². The number of hydrogen-bond acceptors (Lipinski definition) is 3. The molecule has 2 rings (SSSR count). The molecule has 0 unspecified atom stereocenters. The molecule has 1 aromatic rings. The van der Waals surface area contributed by atoms with Crippen LogP contribution in [-0.4, -0.2) is 10.8 Å². The summed E-state index contributed by atoms with van der Waals surface area (Å²) in [6.07, 6.45) is 1.98. The topological polar surface area (TPSA) is 62.8 Å². The highest BCUT2D eigenvalue weighted by atomic mass is 32.1. The molecule has 1 aliphatic rings. The van der Waals surface area contributed by atoms with E-state index in [4.69, 9.17) is 11.1 Å². The zero-order valence-corrected chi connectivity index (χ0v) is 7.74. The fourth-order valence-corrected chi connectivity index (χ4v) is 2.08. The lowest BCUT2D eigenvalue weighted by molar-refractivity contribution is 0.875. The molecule has 0 aliphatic heterocycles. The Morgan fingerprint density at radius 1 is 1.75 bits per heavy atom. The first-order valence-electron chi connectivity index (χ1n) is 3.92. The summed E-state index contributed by atoms with van der Waals surface area (Å²) in [7, 11) is 0. The molecule has 12 heavy (non-hydrogen) atoms. The number of nitrogens with zero attached hydrogens (tertiary/aromatic N) is 1. The molecule has 1 aromatic heterocycles. The molecule has 0 amide bonds. The molecule has 1 heterocycles. The molecule has 1 aliphatic carbocycles. The molecular formula is C8H11N3S. The summed E-state index contributed by atoms with van der Waals surface area (Å²) in [6.45, 7) is 1.98. The second-order valence-electron chi connectivity index (χ2n) is 3.25. The summed E-state index contributed by atoms with van der Waals surface area (Å²) >= 11 is 1.63. The van der Waals surface area contributed by atoms with Crippen LogP contribution in [0.25, 0.3) is 0 Å². The van der Waals surface area contributed by atoms with Crippen LogP contribution >= 0.6 is 11.3 Å². The minimum atomic E-state index is -0.176. The SMILES string of the molecule is Cc1nc(C2(C(=N)N)CC2)cs1. The first kappa shape index (κ1) is 7.73. The molecule has 3 N–H and O–H groups in total. The van der Waals surface area contributed by atoms with Crippen molar-refractivity contribution in [1.29, 1.82) is 5.41 Å². The molecule has 4 heteroatoms. The lowest BCUT2D eigenvalue weighted by Crippen LogP contribution is -2.27. The number of nitrogens with one attached hydrogen (secondary N) is 1. The Morgan fingerprint density at radius 2 is 2.42 bits per heavy atom. The highest BCUT2D eigenvalue weighted by molar-refractivity contribution is 7.09. The van der Waals surface area contributed by atoms with Gasteiger partial charge in [0.1, 0.15) is 5.84 Å². The van der Waals surface area contributed by atoms with Gasteiger partial charge in [-0.3, -0.25) is 5.41 Å². The molecule has 0 saturated heterocycles. The summed E-state index contributed by atoms with van der Waals surface area (Å²) in [6, 6.07) is 0. The van der Waals surface area contributed by atoms with Crippen molar-refractivity contribution >= 4 is 17.2 Å². The minimum absolute atomic E-state index is 0.176. The summed E-state index contributed by atoms with van der Waals surface area (Å²) in [5.74, 6) is 0.271. The monoisotopic (exact) mass is 181 g/mol. The summed E-state index contributed by atoms with van der Waals surface area (Å²) in [5.41, 5.74) is 6.34. The minimum Gasteiger partial charge on any atom is -0.387 e. The maximum atomic E-state index is 7.45. The lowest BCUT2D eigenvalue weighted by atomic mass is 10.0. The molecule has 64 valence electrons.